The van der Waals surface area contributed by atoms with Gasteiger partial charge in [0.25, 0.3) is 17.7 Å². The van der Waals surface area contributed by atoms with Crippen molar-refractivity contribution < 1.29 is 28.7 Å². The van der Waals surface area contributed by atoms with E-state index in [9.17, 15) is 19.2 Å². The van der Waals surface area contributed by atoms with Gasteiger partial charge in [0.2, 0.25) is 0 Å². The van der Waals surface area contributed by atoms with Crippen LogP contribution < -0.4 is 5.32 Å². The number of furan rings is 1. The molecule has 0 spiro atoms. The first-order chi connectivity index (χ1) is 11.9. The van der Waals surface area contributed by atoms with Gasteiger partial charge in [-0.15, -0.1) is 0 Å². The molecule has 8 nitrogen and oxygen atoms in total. The third-order valence-electron chi connectivity index (χ3n) is 3.88. The molecule has 0 aliphatic carbocycles. The van der Waals surface area contributed by atoms with Gasteiger partial charge in [0, 0.05) is 12.2 Å². The molecule has 0 unspecified atom stereocenters. The molecule has 0 bridgehead atoms. The molecule has 0 atom stereocenters. The fraction of sp³-hybridized carbons (Fsp3) is 0.176. The van der Waals surface area contributed by atoms with Crippen LogP contribution >= 0.6 is 0 Å². The summed E-state index contributed by atoms with van der Waals surface area (Å²) in [6.45, 7) is 1.46. The lowest BCUT2D eigenvalue weighted by atomic mass is 10.1. The van der Waals surface area contributed by atoms with Crippen LogP contribution in [0.5, 0.6) is 0 Å². The average Bonchev–Trinajstić information content (AvgIpc) is 3.09. The van der Waals surface area contributed by atoms with Crippen molar-refractivity contribution in [2.24, 2.45) is 0 Å². The van der Waals surface area contributed by atoms with E-state index < -0.39 is 23.7 Å². The van der Waals surface area contributed by atoms with Gasteiger partial charge in [-0.1, -0.05) is 0 Å². The van der Waals surface area contributed by atoms with Crippen LogP contribution in [0.1, 0.15) is 43.3 Å². The first-order valence-corrected chi connectivity index (χ1v) is 7.46. The molecule has 0 saturated heterocycles. The predicted molar refractivity (Wildman–Crippen MR) is 85.5 cm³/mol. The minimum Gasteiger partial charge on any atom is -0.481 e. The highest BCUT2D eigenvalue weighted by atomic mass is 16.4. The number of carboxylic acids is 1. The molecule has 1 aliphatic heterocycles. The van der Waals surface area contributed by atoms with E-state index in [1.165, 1.54) is 30.5 Å². The van der Waals surface area contributed by atoms with Crippen LogP contribution in [0.25, 0.3) is 0 Å². The maximum Gasteiger partial charge on any atom is 0.305 e. The van der Waals surface area contributed by atoms with Crippen molar-refractivity contribution in [2.45, 2.75) is 13.3 Å². The fourth-order valence-corrected chi connectivity index (χ4v) is 2.60. The van der Waals surface area contributed by atoms with Gasteiger partial charge in [0.05, 0.1) is 29.4 Å². The molecule has 0 saturated carbocycles. The van der Waals surface area contributed by atoms with E-state index >= 15 is 0 Å². The second-order valence-corrected chi connectivity index (χ2v) is 5.51. The van der Waals surface area contributed by atoms with Crippen LogP contribution in [0.3, 0.4) is 0 Å². The normalized spacial score (nSPS) is 13.1. The standard InChI is InChI=1S/C17H14N2O6/c1-9-11(5-7-25-9)15(22)18-10-2-3-12-13(8-10)17(24)19(16(12)23)6-4-14(20)21/h2-3,5,7-8H,4,6H2,1H3,(H,18,22)(H,20,21). The van der Waals surface area contributed by atoms with Crippen LogP contribution in [-0.4, -0.2) is 40.2 Å². The Morgan fingerprint density at radius 3 is 2.52 bits per heavy atom. The number of imide groups is 1. The number of nitrogens with zero attached hydrogens (tertiary/aromatic N) is 1. The molecule has 1 aromatic heterocycles. The quantitative estimate of drug-likeness (QED) is 0.802. The fourth-order valence-electron chi connectivity index (χ4n) is 2.60. The third kappa shape index (κ3) is 3.01. The molecule has 1 aromatic carbocycles. The largest absolute Gasteiger partial charge is 0.481 e. The Morgan fingerprint density at radius 2 is 1.88 bits per heavy atom. The SMILES string of the molecule is Cc1occc1C(=O)Nc1ccc2c(c1)C(=O)N(CCC(=O)O)C2=O. The van der Waals surface area contributed by atoms with Crippen molar-refractivity contribution in [3.8, 4) is 0 Å². The monoisotopic (exact) mass is 342 g/mol. The van der Waals surface area contributed by atoms with E-state index in [1.54, 1.807) is 6.92 Å². The number of hydrogen-bond acceptors (Lipinski definition) is 5. The predicted octanol–water partition coefficient (Wildman–Crippen LogP) is 1.91. The molecular weight excluding hydrogens is 328 g/mol. The maximum absolute atomic E-state index is 12.3. The van der Waals surface area contributed by atoms with Gasteiger partial charge in [-0.05, 0) is 31.2 Å². The number of aryl methyl sites for hydroxylation is 1. The Labute approximate surface area is 142 Å². The van der Waals surface area contributed by atoms with Crippen LogP contribution in [-0.2, 0) is 4.79 Å². The number of anilines is 1. The third-order valence-corrected chi connectivity index (χ3v) is 3.88. The summed E-state index contributed by atoms with van der Waals surface area (Å²) in [5.41, 5.74) is 1.04. The average molecular weight is 342 g/mol. The van der Waals surface area contributed by atoms with E-state index in [4.69, 9.17) is 9.52 Å². The number of amides is 3. The Kier molecular flexibility index (Phi) is 4.10. The number of carbonyl (C=O) groups is 4. The molecule has 3 rings (SSSR count). The molecule has 2 N–H and O–H groups in total. The molecule has 25 heavy (non-hydrogen) atoms. The van der Waals surface area contributed by atoms with Crippen LogP contribution in [0.15, 0.2) is 34.9 Å². The summed E-state index contributed by atoms with van der Waals surface area (Å²) in [5, 5.41) is 11.4. The number of benzene rings is 1. The summed E-state index contributed by atoms with van der Waals surface area (Å²) in [5.74, 6) is -2.14. The van der Waals surface area contributed by atoms with E-state index in [0.717, 1.165) is 4.90 Å². The van der Waals surface area contributed by atoms with Crippen LogP contribution in [0, 0.1) is 6.92 Å². The van der Waals surface area contributed by atoms with Crippen molar-refractivity contribution in [3.05, 3.63) is 53.0 Å². The Hall–Kier alpha value is -3.42. The Bertz CT molecular complexity index is 898. The maximum atomic E-state index is 12.3. The number of rotatable bonds is 5. The van der Waals surface area contributed by atoms with Crippen molar-refractivity contribution in [3.63, 3.8) is 0 Å². The summed E-state index contributed by atoms with van der Waals surface area (Å²) in [4.78, 5) is 48.3. The van der Waals surface area contributed by atoms with Gasteiger partial charge < -0.3 is 14.8 Å². The van der Waals surface area contributed by atoms with E-state index in [-0.39, 0.29) is 24.1 Å². The van der Waals surface area contributed by atoms with Crippen molar-refractivity contribution in [2.75, 3.05) is 11.9 Å². The number of carbonyl (C=O) groups excluding carboxylic acids is 3. The zero-order valence-corrected chi connectivity index (χ0v) is 13.2. The number of nitrogens with one attached hydrogen (secondary N) is 1. The second kappa shape index (κ2) is 6.23. The van der Waals surface area contributed by atoms with Gasteiger partial charge >= 0.3 is 5.97 Å². The van der Waals surface area contributed by atoms with Crippen molar-refractivity contribution in [1.82, 2.24) is 4.90 Å². The molecule has 0 fully saturated rings. The van der Waals surface area contributed by atoms with Gasteiger partial charge in [-0.2, -0.15) is 0 Å². The summed E-state index contributed by atoms with van der Waals surface area (Å²) in [6.07, 6.45) is 1.07. The summed E-state index contributed by atoms with van der Waals surface area (Å²) < 4.78 is 5.07. The summed E-state index contributed by atoms with van der Waals surface area (Å²) >= 11 is 0. The van der Waals surface area contributed by atoms with Gasteiger partial charge in [0.15, 0.2) is 0 Å². The first kappa shape index (κ1) is 16.4. The highest BCUT2D eigenvalue weighted by molar-refractivity contribution is 6.22. The van der Waals surface area contributed by atoms with E-state index in [0.29, 0.717) is 17.0 Å². The molecule has 8 heteroatoms. The second-order valence-electron chi connectivity index (χ2n) is 5.51. The topological polar surface area (TPSA) is 117 Å². The smallest absolute Gasteiger partial charge is 0.305 e. The Morgan fingerprint density at radius 1 is 1.16 bits per heavy atom. The first-order valence-electron chi connectivity index (χ1n) is 7.46. The van der Waals surface area contributed by atoms with Gasteiger partial charge in [-0.3, -0.25) is 24.1 Å². The number of aliphatic carboxylic acids is 1. The van der Waals surface area contributed by atoms with Crippen LogP contribution in [0.2, 0.25) is 0 Å². The van der Waals surface area contributed by atoms with E-state index in [2.05, 4.69) is 5.32 Å². The minimum atomic E-state index is -1.10. The van der Waals surface area contributed by atoms with Gasteiger partial charge in [0.1, 0.15) is 5.76 Å². The molecule has 2 aromatic rings. The highest BCUT2D eigenvalue weighted by Crippen LogP contribution is 2.26. The summed E-state index contributed by atoms with van der Waals surface area (Å²) in [6, 6.07) is 5.89. The molecular formula is C17H14N2O6. The van der Waals surface area contributed by atoms with E-state index in [1.807, 2.05) is 0 Å². The van der Waals surface area contributed by atoms with Crippen LogP contribution in [0.4, 0.5) is 5.69 Å². The lowest BCUT2D eigenvalue weighted by Crippen LogP contribution is -2.31. The molecule has 3 amide bonds. The zero-order valence-electron chi connectivity index (χ0n) is 13.2. The molecule has 1 aliphatic rings. The van der Waals surface area contributed by atoms with Crippen molar-refractivity contribution in [1.29, 1.82) is 0 Å². The van der Waals surface area contributed by atoms with Crippen molar-refractivity contribution >= 4 is 29.4 Å². The molecule has 0 radical (unpaired) electrons. The minimum absolute atomic E-state index is 0.136. The molecule has 128 valence electrons. The Balaban J connectivity index is 1.81. The molecule has 2 heterocycles. The lowest BCUT2D eigenvalue weighted by molar-refractivity contribution is -0.137. The zero-order chi connectivity index (χ0) is 18.1. The highest BCUT2D eigenvalue weighted by Gasteiger charge is 2.35. The number of carboxylic acid groups (broad SMARTS) is 1. The number of hydrogen-bond donors (Lipinski definition) is 2. The van der Waals surface area contributed by atoms with Gasteiger partial charge in [-0.25, -0.2) is 0 Å². The lowest BCUT2D eigenvalue weighted by Gasteiger charge is -2.11. The number of fused-ring (bicyclic) bond motifs is 1. The summed E-state index contributed by atoms with van der Waals surface area (Å²) in [7, 11) is 0.